The first-order valence-electron chi connectivity index (χ1n) is 7.12. The second-order valence-corrected chi connectivity index (χ2v) is 6.38. The molecule has 1 aromatic carbocycles. The molecule has 0 unspecified atom stereocenters. The number of furan rings is 1. The van der Waals surface area contributed by atoms with E-state index in [-0.39, 0.29) is 0 Å². The molecule has 4 rings (SSSR count). The summed E-state index contributed by atoms with van der Waals surface area (Å²) in [5, 5.41) is 9.34. The normalized spacial score (nSPS) is 11.5. The van der Waals surface area contributed by atoms with Crippen molar-refractivity contribution in [1.82, 2.24) is 14.6 Å². The SMILES string of the molecule is Cc1cccc(CSc2nncn3c2cc2oc(C)cc23)c1. The van der Waals surface area contributed by atoms with E-state index in [1.54, 1.807) is 18.1 Å². The van der Waals surface area contributed by atoms with Gasteiger partial charge in [0.05, 0.1) is 11.0 Å². The summed E-state index contributed by atoms with van der Waals surface area (Å²) in [5.41, 5.74) is 5.53. The molecule has 0 atom stereocenters. The number of benzene rings is 1. The van der Waals surface area contributed by atoms with Gasteiger partial charge in [-0.2, -0.15) is 0 Å². The third-order valence-electron chi connectivity index (χ3n) is 3.64. The summed E-state index contributed by atoms with van der Waals surface area (Å²) in [7, 11) is 0. The van der Waals surface area contributed by atoms with Gasteiger partial charge in [0.15, 0.2) is 5.58 Å². The summed E-state index contributed by atoms with van der Waals surface area (Å²) >= 11 is 1.70. The Morgan fingerprint density at radius 1 is 1.14 bits per heavy atom. The molecule has 0 aliphatic carbocycles. The van der Waals surface area contributed by atoms with E-state index in [0.717, 1.165) is 33.2 Å². The molecule has 5 heteroatoms. The van der Waals surface area contributed by atoms with Crippen molar-refractivity contribution in [3.05, 3.63) is 59.6 Å². The minimum Gasteiger partial charge on any atom is -0.460 e. The van der Waals surface area contributed by atoms with E-state index in [2.05, 4.69) is 41.4 Å². The predicted octanol–water partition coefficient (Wildman–Crippen LogP) is 4.38. The molecule has 0 aliphatic rings. The molecule has 22 heavy (non-hydrogen) atoms. The molecule has 0 radical (unpaired) electrons. The van der Waals surface area contributed by atoms with Crippen molar-refractivity contribution in [2.45, 2.75) is 24.6 Å². The lowest BCUT2D eigenvalue weighted by Gasteiger charge is -2.04. The Kier molecular flexibility index (Phi) is 3.15. The zero-order chi connectivity index (χ0) is 15.1. The van der Waals surface area contributed by atoms with Gasteiger partial charge in [-0.25, -0.2) is 0 Å². The maximum atomic E-state index is 5.70. The number of hydrogen-bond donors (Lipinski definition) is 0. The van der Waals surface area contributed by atoms with E-state index in [9.17, 15) is 0 Å². The van der Waals surface area contributed by atoms with Gasteiger partial charge in [-0.1, -0.05) is 41.6 Å². The predicted molar refractivity (Wildman–Crippen MR) is 88.2 cm³/mol. The minimum absolute atomic E-state index is 0.877. The molecule has 3 heterocycles. The minimum atomic E-state index is 0.877. The maximum absolute atomic E-state index is 5.70. The van der Waals surface area contributed by atoms with Crippen LogP contribution >= 0.6 is 11.8 Å². The zero-order valence-electron chi connectivity index (χ0n) is 12.4. The van der Waals surface area contributed by atoms with Gasteiger partial charge in [-0.15, -0.1) is 10.2 Å². The number of aryl methyl sites for hydroxylation is 2. The fourth-order valence-corrected chi connectivity index (χ4v) is 3.55. The van der Waals surface area contributed by atoms with Gasteiger partial charge in [0.25, 0.3) is 0 Å². The first kappa shape index (κ1) is 13.4. The van der Waals surface area contributed by atoms with Gasteiger partial charge in [-0.3, -0.25) is 4.40 Å². The summed E-state index contributed by atoms with van der Waals surface area (Å²) in [5.74, 6) is 1.78. The molecule has 3 aromatic heterocycles. The van der Waals surface area contributed by atoms with Gasteiger partial charge < -0.3 is 4.42 Å². The van der Waals surface area contributed by atoms with Crippen molar-refractivity contribution in [2.24, 2.45) is 0 Å². The van der Waals surface area contributed by atoms with Crippen molar-refractivity contribution in [1.29, 1.82) is 0 Å². The van der Waals surface area contributed by atoms with Gasteiger partial charge in [0, 0.05) is 17.9 Å². The highest BCUT2D eigenvalue weighted by atomic mass is 32.2. The Labute approximate surface area is 132 Å². The molecule has 4 aromatic rings. The van der Waals surface area contributed by atoms with Crippen LogP contribution in [-0.2, 0) is 5.75 Å². The van der Waals surface area contributed by atoms with Crippen LogP contribution in [0.15, 0.2) is 52.2 Å². The maximum Gasteiger partial charge on any atom is 0.153 e. The summed E-state index contributed by atoms with van der Waals surface area (Å²) in [4.78, 5) is 0. The van der Waals surface area contributed by atoms with E-state index >= 15 is 0 Å². The molecule has 0 fully saturated rings. The second kappa shape index (κ2) is 5.18. The molecule has 0 saturated heterocycles. The molecule has 0 bridgehead atoms. The van der Waals surface area contributed by atoms with Gasteiger partial charge in [0.1, 0.15) is 17.1 Å². The van der Waals surface area contributed by atoms with Crippen LogP contribution in [0.25, 0.3) is 16.6 Å². The molecular weight excluding hydrogens is 294 g/mol. The lowest BCUT2D eigenvalue weighted by Crippen LogP contribution is -1.93. The average Bonchev–Trinajstić information content (AvgIpc) is 3.01. The Morgan fingerprint density at radius 2 is 2.05 bits per heavy atom. The van der Waals surface area contributed by atoms with Crippen LogP contribution in [0.5, 0.6) is 0 Å². The first-order chi connectivity index (χ1) is 10.7. The van der Waals surface area contributed by atoms with Crippen molar-refractivity contribution >= 4 is 28.4 Å². The smallest absolute Gasteiger partial charge is 0.153 e. The van der Waals surface area contributed by atoms with Crippen LogP contribution in [0.3, 0.4) is 0 Å². The van der Waals surface area contributed by atoms with Crippen LogP contribution in [-0.4, -0.2) is 14.6 Å². The number of rotatable bonds is 3. The second-order valence-electron chi connectivity index (χ2n) is 5.42. The number of nitrogens with zero attached hydrogens (tertiary/aromatic N) is 3. The number of thioether (sulfide) groups is 1. The molecule has 4 nitrogen and oxygen atoms in total. The molecule has 0 saturated carbocycles. The fraction of sp³-hybridized carbons (Fsp3) is 0.176. The van der Waals surface area contributed by atoms with Gasteiger partial charge in [-0.05, 0) is 19.4 Å². The third-order valence-corrected chi connectivity index (χ3v) is 4.68. The van der Waals surface area contributed by atoms with Gasteiger partial charge in [0.2, 0.25) is 0 Å². The third kappa shape index (κ3) is 2.27. The summed E-state index contributed by atoms with van der Waals surface area (Å²) < 4.78 is 7.74. The molecule has 0 N–H and O–H groups in total. The quantitative estimate of drug-likeness (QED) is 0.527. The Morgan fingerprint density at radius 3 is 2.91 bits per heavy atom. The fourth-order valence-electron chi connectivity index (χ4n) is 2.66. The average molecular weight is 309 g/mol. The van der Waals surface area contributed by atoms with Gasteiger partial charge >= 0.3 is 0 Å². The number of hydrogen-bond acceptors (Lipinski definition) is 4. The van der Waals surface area contributed by atoms with Crippen LogP contribution in [0, 0.1) is 13.8 Å². The standard InChI is InChI=1S/C17H15N3OS/c1-11-4-3-5-13(6-11)9-22-17-15-8-16-14(7-12(2)21-16)20(15)10-18-19-17/h3-8,10H,9H2,1-2H3. The first-order valence-corrected chi connectivity index (χ1v) is 8.10. The molecule has 0 aliphatic heterocycles. The Hall–Kier alpha value is -2.27. The summed E-state index contributed by atoms with van der Waals surface area (Å²) in [6.45, 7) is 4.06. The summed E-state index contributed by atoms with van der Waals surface area (Å²) in [6.07, 6.45) is 1.74. The monoisotopic (exact) mass is 309 g/mol. The summed E-state index contributed by atoms with van der Waals surface area (Å²) in [6, 6.07) is 12.6. The Balaban J connectivity index is 1.70. The highest BCUT2D eigenvalue weighted by Crippen LogP contribution is 2.30. The van der Waals surface area contributed by atoms with Crippen LogP contribution in [0.2, 0.25) is 0 Å². The van der Waals surface area contributed by atoms with Crippen molar-refractivity contribution < 1.29 is 4.42 Å². The largest absolute Gasteiger partial charge is 0.460 e. The van der Waals surface area contributed by atoms with Crippen LogP contribution < -0.4 is 0 Å². The topological polar surface area (TPSA) is 43.3 Å². The molecule has 110 valence electrons. The Bertz CT molecular complexity index is 971. The van der Waals surface area contributed by atoms with E-state index in [4.69, 9.17) is 4.42 Å². The molecule has 0 spiro atoms. The lowest BCUT2D eigenvalue weighted by atomic mass is 10.2. The highest BCUT2D eigenvalue weighted by Gasteiger charge is 2.12. The van der Waals surface area contributed by atoms with Crippen LogP contribution in [0.1, 0.15) is 16.9 Å². The van der Waals surface area contributed by atoms with Crippen molar-refractivity contribution in [2.75, 3.05) is 0 Å². The molecular formula is C17H15N3OS. The van der Waals surface area contributed by atoms with Crippen molar-refractivity contribution in [3.8, 4) is 0 Å². The molecule has 0 amide bonds. The highest BCUT2D eigenvalue weighted by molar-refractivity contribution is 7.98. The zero-order valence-corrected chi connectivity index (χ0v) is 13.2. The van der Waals surface area contributed by atoms with E-state index in [0.29, 0.717) is 0 Å². The van der Waals surface area contributed by atoms with E-state index in [1.165, 1.54) is 11.1 Å². The van der Waals surface area contributed by atoms with E-state index in [1.807, 2.05) is 23.5 Å². The van der Waals surface area contributed by atoms with Crippen LogP contribution in [0.4, 0.5) is 0 Å². The number of fused-ring (bicyclic) bond motifs is 3. The van der Waals surface area contributed by atoms with E-state index < -0.39 is 0 Å². The lowest BCUT2D eigenvalue weighted by molar-refractivity contribution is 0.579. The van der Waals surface area contributed by atoms with Crippen molar-refractivity contribution in [3.63, 3.8) is 0 Å². The number of aromatic nitrogens is 3.